The Bertz CT molecular complexity index is 1970. The lowest BCUT2D eigenvalue weighted by molar-refractivity contribution is 0.171. The summed E-state index contributed by atoms with van der Waals surface area (Å²) >= 11 is 0. The van der Waals surface area contributed by atoms with Gasteiger partial charge in [-0.25, -0.2) is 9.48 Å². The lowest BCUT2D eigenvalue weighted by Gasteiger charge is -2.33. The maximum absolute atomic E-state index is 13.7. The summed E-state index contributed by atoms with van der Waals surface area (Å²) in [6.07, 6.45) is 11.6. The average molecular weight is 694 g/mol. The molecule has 1 saturated heterocycles. The normalized spacial score (nSPS) is 19.4. The zero-order valence-electron chi connectivity index (χ0n) is 30.7. The van der Waals surface area contributed by atoms with Gasteiger partial charge < -0.3 is 19.9 Å². The average Bonchev–Trinajstić information content (AvgIpc) is 3.85. The number of anilines is 2. The van der Waals surface area contributed by atoms with Crippen molar-refractivity contribution in [3.8, 4) is 11.4 Å². The minimum absolute atomic E-state index is 0.154. The van der Waals surface area contributed by atoms with E-state index in [1.165, 1.54) is 6.42 Å². The molecule has 2 aliphatic rings. The number of rotatable bonds is 10. The first-order valence-electron chi connectivity index (χ1n) is 18.3. The third-order valence-corrected chi connectivity index (χ3v) is 10.0. The molecule has 5 heterocycles. The van der Waals surface area contributed by atoms with Gasteiger partial charge in [-0.3, -0.25) is 14.4 Å². The molecule has 1 aliphatic heterocycles. The highest BCUT2D eigenvalue weighted by molar-refractivity contribution is 5.89. The van der Waals surface area contributed by atoms with Crippen LogP contribution in [0.4, 0.5) is 16.6 Å². The summed E-state index contributed by atoms with van der Waals surface area (Å²) in [5.41, 5.74) is 4.41. The van der Waals surface area contributed by atoms with Crippen molar-refractivity contribution in [3.05, 3.63) is 77.9 Å². The first-order chi connectivity index (χ1) is 24.5. The molecule has 1 aliphatic carbocycles. The number of carbonyl (C=O) groups is 1. The second-order valence-corrected chi connectivity index (χ2v) is 15.3. The minimum atomic E-state index is -0.285. The Morgan fingerprint density at radius 3 is 2.63 bits per heavy atom. The highest BCUT2D eigenvalue weighted by Gasteiger charge is 2.31. The molecular weight excluding hydrogens is 642 g/mol. The summed E-state index contributed by atoms with van der Waals surface area (Å²) < 4.78 is 12.4. The Hall–Kier alpha value is -4.91. The van der Waals surface area contributed by atoms with Gasteiger partial charge in [0.05, 0.1) is 30.3 Å². The lowest BCUT2D eigenvalue weighted by atomic mass is 9.85. The number of ether oxygens (including phenoxy) is 1. The molecule has 51 heavy (non-hydrogen) atoms. The number of benzene rings is 1. The fourth-order valence-electron chi connectivity index (χ4n) is 7.18. The molecule has 7 rings (SSSR count). The van der Waals surface area contributed by atoms with Crippen LogP contribution in [0.3, 0.4) is 0 Å². The van der Waals surface area contributed by atoms with Crippen LogP contribution < -0.4 is 20.3 Å². The largest absolute Gasteiger partial charge is 0.484 e. The quantitative estimate of drug-likeness (QED) is 0.170. The van der Waals surface area contributed by atoms with E-state index in [0.29, 0.717) is 11.9 Å². The monoisotopic (exact) mass is 693 g/mol. The van der Waals surface area contributed by atoms with Crippen molar-refractivity contribution in [2.45, 2.75) is 96.4 Å². The SMILES string of the molecule is C[C@H]1CCCCN1c1nnc2ccc(O[C@@H]3CC[C@H](NC(=O)Nc4cc(C(C)(C)C)nn4-c4cnn(CCCN(C)C)c4)c4ccccc43)cn12. The van der Waals surface area contributed by atoms with E-state index >= 15 is 0 Å². The molecule has 270 valence electrons. The van der Waals surface area contributed by atoms with E-state index in [4.69, 9.17) is 9.84 Å². The molecule has 13 heteroatoms. The summed E-state index contributed by atoms with van der Waals surface area (Å²) in [4.78, 5) is 18.2. The van der Waals surface area contributed by atoms with Crippen molar-refractivity contribution in [1.29, 1.82) is 0 Å². The molecular formula is C38H51N11O2. The minimum Gasteiger partial charge on any atom is -0.484 e. The van der Waals surface area contributed by atoms with Gasteiger partial charge >= 0.3 is 6.03 Å². The van der Waals surface area contributed by atoms with Crippen molar-refractivity contribution >= 4 is 23.4 Å². The van der Waals surface area contributed by atoms with Crippen LogP contribution in [0.25, 0.3) is 11.3 Å². The molecule has 0 bridgehead atoms. The van der Waals surface area contributed by atoms with Crippen LogP contribution in [0.1, 0.15) is 95.2 Å². The molecule has 2 N–H and O–H groups in total. The molecule has 13 nitrogen and oxygen atoms in total. The number of urea groups is 1. The third-order valence-electron chi connectivity index (χ3n) is 10.0. The number of amides is 2. The zero-order chi connectivity index (χ0) is 35.7. The predicted molar refractivity (Wildman–Crippen MR) is 199 cm³/mol. The van der Waals surface area contributed by atoms with Crippen LogP contribution in [-0.4, -0.2) is 78.3 Å². The van der Waals surface area contributed by atoms with Gasteiger partial charge in [-0.1, -0.05) is 45.0 Å². The van der Waals surface area contributed by atoms with Crippen molar-refractivity contribution in [1.82, 2.24) is 44.4 Å². The maximum Gasteiger partial charge on any atom is 0.320 e. The van der Waals surface area contributed by atoms with Gasteiger partial charge in [0, 0.05) is 30.6 Å². The van der Waals surface area contributed by atoms with E-state index in [1.54, 1.807) is 10.9 Å². The number of nitrogens with zero attached hydrogens (tertiary/aromatic N) is 9. The van der Waals surface area contributed by atoms with Gasteiger partial charge in [0.2, 0.25) is 5.95 Å². The number of fused-ring (bicyclic) bond motifs is 2. The summed E-state index contributed by atoms with van der Waals surface area (Å²) in [7, 11) is 4.14. The van der Waals surface area contributed by atoms with Crippen LogP contribution in [0.2, 0.25) is 0 Å². The first-order valence-corrected chi connectivity index (χ1v) is 18.3. The number of hydrogen-bond donors (Lipinski definition) is 2. The Kier molecular flexibility index (Phi) is 9.73. The summed E-state index contributed by atoms with van der Waals surface area (Å²) in [5.74, 6) is 2.23. The number of nitrogens with one attached hydrogen (secondary N) is 2. The molecule has 0 spiro atoms. The molecule has 5 aromatic rings. The first kappa shape index (κ1) is 34.5. The van der Waals surface area contributed by atoms with Gasteiger partial charge in [0.15, 0.2) is 5.65 Å². The standard InChI is InChI=1S/C38H51N11O2/c1-26-12-9-10-21-47(26)37-43-42-34-18-15-28(25-48(34)37)51-32-17-16-31(29-13-7-8-14-30(29)32)40-36(50)41-35-22-33(38(2,3)4)44-49(35)27-23-39-46(24-27)20-11-19-45(5)6/h7-8,13-15,18,22-26,31-32H,9-12,16-17,19-21H2,1-6H3,(H2,40,41,50)/t26-,31-,32+/m0/s1. The van der Waals surface area contributed by atoms with Crippen molar-refractivity contribution in [2.75, 3.05) is 37.4 Å². The van der Waals surface area contributed by atoms with E-state index in [2.05, 4.69) is 89.7 Å². The lowest BCUT2D eigenvalue weighted by Crippen LogP contribution is -2.38. The van der Waals surface area contributed by atoms with Crippen molar-refractivity contribution < 1.29 is 9.53 Å². The molecule has 4 aromatic heterocycles. The molecule has 3 atom stereocenters. The van der Waals surface area contributed by atoms with Crippen LogP contribution in [0, 0.1) is 0 Å². The second kappa shape index (κ2) is 14.4. The van der Waals surface area contributed by atoms with E-state index < -0.39 is 0 Å². The van der Waals surface area contributed by atoms with Crippen LogP contribution in [-0.2, 0) is 12.0 Å². The topological polar surface area (TPSA) is 123 Å². The Balaban J connectivity index is 1.06. The Morgan fingerprint density at radius 2 is 1.84 bits per heavy atom. The number of hydrogen-bond acceptors (Lipinski definition) is 8. The van der Waals surface area contributed by atoms with Crippen LogP contribution >= 0.6 is 0 Å². The van der Waals surface area contributed by atoms with Gasteiger partial charge in [0.25, 0.3) is 0 Å². The number of pyridine rings is 1. The third kappa shape index (κ3) is 7.58. The molecule has 0 saturated carbocycles. The van der Waals surface area contributed by atoms with E-state index in [1.807, 2.05) is 51.8 Å². The van der Waals surface area contributed by atoms with E-state index in [9.17, 15) is 4.79 Å². The van der Waals surface area contributed by atoms with E-state index in [-0.39, 0.29) is 23.6 Å². The van der Waals surface area contributed by atoms with E-state index in [0.717, 1.165) is 91.6 Å². The summed E-state index contributed by atoms with van der Waals surface area (Å²) in [5, 5.41) is 24.8. The second-order valence-electron chi connectivity index (χ2n) is 15.3. The fourth-order valence-corrected chi connectivity index (χ4v) is 7.18. The number of piperidine rings is 1. The van der Waals surface area contributed by atoms with Gasteiger partial charge in [-0.05, 0) is 89.3 Å². The molecule has 2 amide bonds. The molecule has 1 fully saturated rings. The molecule has 0 unspecified atom stereocenters. The van der Waals surface area contributed by atoms with Crippen molar-refractivity contribution in [3.63, 3.8) is 0 Å². The van der Waals surface area contributed by atoms with Gasteiger partial charge in [-0.2, -0.15) is 10.2 Å². The number of aryl methyl sites for hydroxylation is 1. The highest BCUT2D eigenvalue weighted by atomic mass is 16.5. The fraction of sp³-hybridized carbons (Fsp3) is 0.500. The molecule has 0 radical (unpaired) electrons. The van der Waals surface area contributed by atoms with Crippen LogP contribution in [0.15, 0.2) is 61.1 Å². The van der Waals surface area contributed by atoms with Gasteiger partial charge in [0.1, 0.15) is 23.4 Å². The van der Waals surface area contributed by atoms with Gasteiger partial charge in [-0.15, -0.1) is 10.2 Å². The highest BCUT2D eigenvalue weighted by Crippen LogP contribution is 2.39. The van der Waals surface area contributed by atoms with Crippen LogP contribution in [0.5, 0.6) is 5.75 Å². The molecule has 1 aromatic carbocycles. The van der Waals surface area contributed by atoms with Crippen molar-refractivity contribution in [2.24, 2.45) is 0 Å². The summed E-state index contributed by atoms with van der Waals surface area (Å²) in [6, 6.07) is 14.1. The Morgan fingerprint density at radius 1 is 1.02 bits per heavy atom. The summed E-state index contributed by atoms with van der Waals surface area (Å²) in [6.45, 7) is 11.4. The number of carbonyl (C=O) groups excluding carboxylic acids is 1. The zero-order valence-corrected chi connectivity index (χ0v) is 30.7. The number of aromatic nitrogens is 7. The maximum atomic E-state index is 13.7. The predicted octanol–water partition coefficient (Wildman–Crippen LogP) is 6.52. The Labute approximate surface area is 300 Å². The smallest absolute Gasteiger partial charge is 0.320 e.